The smallest absolute Gasteiger partial charge is 0.408 e. The molecule has 2 amide bonds. The van der Waals surface area contributed by atoms with Gasteiger partial charge in [0.25, 0.3) is 0 Å². The Morgan fingerprint density at radius 2 is 1.78 bits per heavy atom. The van der Waals surface area contributed by atoms with E-state index in [9.17, 15) is 9.59 Å². The van der Waals surface area contributed by atoms with Crippen LogP contribution >= 0.6 is 0 Å². The highest BCUT2D eigenvalue weighted by Gasteiger charge is 2.32. The molecule has 1 atom stereocenters. The third kappa shape index (κ3) is 4.20. The van der Waals surface area contributed by atoms with Gasteiger partial charge in [0, 0.05) is 13.1 Å². The van der Waals surface area contributed by atoms with Gasteiger partial charge in [-0.1, -0.05) is 13.8 Å². The Morgan fingerprint density at radius 3 is 2.11 bits per heavy atom. The van der Waals surface area contributed by atoms with Crippen LogP contribution in [0, 0.1) is 5.92 Å². The number of rotatable bonds is 3. The van der Waals surface area contributed by atoms with E-state index in [1.54, 1.807) is 25.7 Å². The van der Waals surface area contributed by atoms with Crippen molar-refractivity contribution in [2.24, 2.45) is 5.92 Å². The lowest BCUT2D eigenvalue weighted by molar-refractivity contribution is -0.138. The third-order valence-electron chi connectivity index (χ3n) is 2.77. The number of carbonyl (C=O) groups excluding carboxylic acids is 2. The summed E-state index contributed by atoms with van der Waals surface area (Å²) in [7, 11) is 0. The molecule has 0 spiro atoms. The number of nitrogens with one attached hydrogen (secondary N) is 1. The van der Waals surface area contributed by atoms with Crippen molar-refractivity contribution in [2.45, 2.75) is 52.7 Å². The van der Waals surface area contributed by atoms with Crippen LogP contribution in [0.25, 0.3) is 0 Å². The van der Waals surface area contributed by atoms with Gasteiger partial charge in [0.2, 0.25) is 5.91 Å². The quantitative estimate of drug-likeness (QED) is 0.837. The van der Waals surface area contributed by atoms with Crippen LogP contribution < -0.4 is 5.32 Å². The van der Waals surface area contributed by atoms with Crippen LogP contribution in [0.15, 0.2) is 0 Å². The van der Waals surface area contributed by atoms with E-state index >= 15 is 0 Å². The predicted molar refractivity (Wildman–Crippen MR) is 69.2 cm³/mol. The maximum atomic E-state index is 12.1. The molecule has 1 N–H and O–H groups in total. The summed E-state index contributed by atoms with van der Waals surface area (Å²) in [5, 5.41) is 2.67. The second-order valence-corrected chi connectivity index (χ2v) is 6.05. The average Bonchev–Trinajstić information content (AvgIpc) is 2.07. The van der Waals surface area contributed by atoms with Crippen molar-refractivity contribution in [3.63, 3.8) is 0 Å². The van der Waals surface area contributed by atoms with Crippen LogP contribution in [0.1, 0.15) is 41.0 Å². The van der Waals surface area contributed by atoms with Crippen molar-refractivity contribution in [1.82, 2.24) is 10.2 Å². The normalized spacial score (nSPS) is 17.1. The van der Waals surface area contributed by atoms with E-state index in [1.807, 2.05) is 13.8 Å². The van der Waals surface area contributed by atoms with Crippen LogP contribution in [-0.4, -0.2) is 41.6 Å². The van der Waals surface area contributed by atoms with Gasteiger partial charge in [0.15, 0.2) is 0 Å². The summed E-state index contributed by atoms with van der Waals surface area (Å²) < 4.78 is 5.18. The number of hydrogen-bond acceptors (Lipinski definition) is 3. The summed E-state index contributed by atoms with van der Waals surface area (Å²) in [6.07, 6.45) is 0.512. The first-order valence-electron chi connectivity index (χ1n) is 6.49. The summed E-state index contributed by atoms with van der Waals surface area (Å²) in [5.74, 6) is 0.0349. The summed E-state index contributed by atoms with van der Waals surface area (Å²) >= 11 is 0. The number of nitrogens with zero attached hydrogens (tertiary/aromatic N) is 1. The van der Waals surface area contributed by atoms with Gasteiger partial charge in [0.1, 0.15) is 11.6 Å². The third-order valence-corrected chi connectivity index (χ3v) is 2.77. The van der Waals surface area contributed by atoms with Crippen LogP contribution in [0.3, 0.4) is 0 Å². The zero-order valence-corrected chi connectivity index (χ0v) is 11.9. The molecule has 1 heterocycles. The van der Waals surface area contributed by atoms with Crippen molar-refractivity contribution in [3.8, 4) is 0 Å². The lowest BCUT2D eigenvalue weighted by atomic mass is 10.0. The first-order valence-corrected chi connectivity index (χ1v) is 6.49. The van der Waals surface area contributed by atoms with E-state index in [0.29, 0.717) is 0 Å². The Hall–Kier alpha value is -1.26. The standard InChI is InChI=1S/C13H24N2O3/c1-9(2)10(11(16)15-7-6-8-15)14-12(17)18-13(3,4)5/h9-10H,6-8H2,1-5H3,(H,14,17). The zero-order chi connectivity index (χ0) is 13.9. The Morgan fingerprint density at radius 1 is 1.22 bits per heavy atom. The number of likely N-dealkylation sites (tertiary alicyclic amines) is 1. The van der Waals surface area contributed by atoms with Crippen LogP contribution in [0.5, 0.6) is 0 Å². The number of alkyl carbamates (subject to hydrolysis) is 1. The van der Waals surface area contributed by atoms with Crippen LogP contribution in [0.4, 0.5) is 4.79 Å². The van der Waals surface area contributed by atoms with Crippen molar-refractivity contribution in [1.29, 1.82) is 0 Å². The molecule has 0 aliphatic carbocycles. The summed E-state index contributed by atoms with van der Waals surface area (Å²) in [5.41, 5.74) is -0.550. The molecule has 0 aromatic heterocycles. The molecule has 5 nitrogen and oxygen atoms in total. The molecule has 1 rings (SSSR count). The van der Waals surface area contributed by atoms with E-state index in [2.05, 4.69) is 5.32 Å². The first kappa shape index (κ1) is 14.8. The van der Waals surface area contributed by atoms with Gasteiger partial charge in [-0.2, -0.15) is 0 Å². The average molecular weight is 256 g/mol. The lowest BCUT2D eigenvalue weighted by Crippen LogP contribution is -2.55. The van der Waals surface area contributed by atoms with E-state index in [4.69, 9.17) is 4.74 Å². The largest absolute Gasteiger partial charge is 0.444 e. The minimum Gasteiger partial charge on any atom is -0.444 e. The number of hydrogen-bond donors (Lipinski definition) is 1. The molecule has 0 bridgehead atoms. The molecule has 104 valence electrons. The maximum absolute atomic E-state index is 12.1. The molecule has 0 saturated carbocycles. The highest BCUT2D eigenvalue weighted by molar-refractivity contribution is 5.86. The van der Waals surface area contributed by atoms with Gasteiger partial charge in [-0.05, 0) is 33.1 Å². The molecule has 1 unspecified atom stereocenters. The van der Waals surface area contributed by atoms with Gasteiger partial charge in [-0.15, -0.1) is 0 Å². The van der Waals surface area contributed by atoms with E-state index in [-0.39, 0.29) is 11.8 Å². The second-order valence-electron chi connectivity index (χ2n) is 6.05. The molecular formula is C13H24N2O3. The summed E-state index contributed by atoms with van der Waals surface area (Å²) in [6.45, 7) is 10.8. The predicted octanol–water partition coefficient (Wildman–Crippen LogP) is 1.77. The molecule has 1 aliphatic heterocycles. The Kier molecular flexibility index (Phi) is 4.59. The fourth-order valence-corrected chi connectivity index (χ4v) is 1.68. The topological polar surface area (TPSA) is 58.6 Å². The zero-order valence-electron chi connectivity index (χ0n) is 11.9. The molecule has 0 aromatic carbocycles. The number of amides is 2. The van der Waals surface area contributed by atoms with Crippen LogP contribution in [0.2, 0.25) is 0 Å². The van der Waals surface area contributed by atoms with Crippen molar-refractivity contribution in [2.75, 3.05) is 13.1 Å². The summed E-state index contributed by atoms with van der Waals surface area (Å²) in [4.78, 5) is 25.6. The molecule has 1 fully saturated rings. The van der Waals surface area contributed by atoms with Gasteiger partial charge >= 0.3 is 6.09 Å². The van der Waals surface area contributed by atoms with Crippen molar-refractivity contribution >= 4 is 12.0 Å². The maximum Gasteiger partial charge on any atom is 0.408 e. The lowest BCUT2D eigenvalue weighted by Gasteiger charge is -2.35. The Bertz CT molecular complexity index is 317. The highest BCUT2D eigenvalue weighted by Crippen LogP contribution is 2.14. The van der Waals surface area contributed by atoms with Gasteiger partial charge in [0.05, 0.1) is 0 Å². The fourth-order valence-electron chi connectivity index (χ4n) is 1.68. The first-order chi connectivity index (χ1) is 8.20. The van der Waals surface area contributed by atoms with Crippen molar-refractivity contribution in [3.05, 3.63) is 0 Å². The molecule has 5 heteroatoms. The van der Waals surface area contributed by atoms with Gasteiger partial charge < -0.3 is 15.0 Å². The Labute approximate surface area is 109 Å². The second kappa shape index (κ2) is 5.59. The minimum atomic E-state index is -0.550. The SMILES string of the molecule is CC(C)C(NC(=O)OC(C)(C)C)C(=O)N1CCC1. The monoisotopic (exact) mass is 256 g/mol. The molecule has 0 aromatic rings. The number of carbonyl (C=O) groups is 2. The molecular weight excluding hydrogens is 232 g/mol. The molecule has 1 aliphatic rings. The van der Waals surface area contributed by atoms with Crippen LogP contribution in [-0.2, 0) is 9.53 Å². The van der Waals surface area contributed by atoms with E-state index in [0.717, 1.165) is 19.5 Å². The van der Waals surface area contributed by atoms with E-state index in [1.165, 1.54) is 0 Å². The number of ether oxygens (including phenoxy) is 1. The minimum absolute atomic E-state index is 0.0119. The van der Waals surface area contributed by atoms with Gasteiger partial charge in [-0.3, -0.25) is 4.79 Å². The Balaban J connectivity index is 2.57. The molecule has 0 radical (unpaired) electrons. The van der Waals surface area contributed by atoms with Crippen molar-refractivity contribution < 1.29 is 14.3 Å². The molecule has 18 heavy (non-hydrogen) atoms. The molecule has 1 saturated heterocycles. The van der Waals surface area contributed by atoms with E-state index < -0.39 is 17.7 Å². The fraction of sp³-hybridized carbons (Fsp3) is 0.846. The summed E-state index contributed by atoms with van der Waals surface area (Å²) in [6, 6.07) is -0.500. The van der Waals surface area contributed by atoms with Gasteiger partial charge in [-0.25, -0.2) is 4.79 Å². The highest BCUT2D eigenvalue weighted by atomic mass is 16.6.